The largest absolute Gasteiger partial charge is 0.496 e. The molecule has 0 bridgehead atoms. The van der Waals surface area contributed by atoms with Crippen LogP contribution in [-0.4, -0.2) is 21.3 Å². The fraction of sp³-hybridized carbons (Fsp3) is 0.250. The monoisotopic (exact) mass is 413 g/mol. The quantitative estimate of drug-likeness (QED) is 0.779. The summed E-state index contributed by atoms with van der Waals surface area (Å²) in [4.78, 5) is 0. The third-order valence-corrected chi connectivity index (χ3v) is 4.53. The third kappa shape index (κ3) is 3.42. The molecule has 5 heteroatoms. The molecular weight excluding hydrogens is 398 g/mol. The van der Waals surface area contributed by atoms with E-state index >= 15 is 0 Å². The Kier molecular flexibility index (Phi) is 5.67. The number of halogens is 2. The molecule has 1 N–H and O–H groups in total. The molecule has 3 nitrogen and oxygen atoms in total. The highest BCUT2D eigenvalue weighted by molar-refractivity contribution is 9.11. The molecule has 0 aliphatic heterocycles. The summed E-state index contributed by atoms with van der Waals surface area (Å²) in [6.45, 7) is 0. The molecule has 112 valence electrons. The summed E-state index contributed by atoms with van der Waals surface area (Å²) in [5.41, 5.74) is 2.08. The summed E-state index contributed by atoms with van der Waals surface area (Å²) in [5.74, 6) is 1.58. The van der Waals surface area contributed by atoms with Gasteiger partial charge < -0.3 is 14.8 Å². The van der Waals surface area contributed by atoms with Crippen molar-refractivity contribution in [1.82, 2.24) is 5.32 Å². The van der Waals surface area contributed by atoms with Gasteiger partial charge in [0.25, 0.3) is 0 Å². The van der Waals surface area contributed by atoms with E-state index in [2.05, 4.69) is 43.2 Å². The van der Waals surface area contributed by atoms with E-state index in [9.17, 15) is 0 Å². The van der Waals surface area contributed by atoms with Crippen molar-refractivity contribution in [2.45, 2.75) is 6.04 Å². The Morgan fingerprint density at radius 2 is 1.62 bits per heavy atom. The van der Waals surface area contributed by atoms with E-state index in [0.29, 0.717) is 0 Å². The Balaban J connectivity index is 2.63. The molecule has 0 aromatic heterocycles. The van der Waals surface area contributed by atoms with Crippen LogP contribution < -0.4 is 14.8 Å². The second kappa shape index (κ2) is 7.29. The number of rotatable bonds is 5. The van der Waals surface area contributed by atoms with Crippen LogP contribution in [0.2, 0.25) is 0 Å². The summed E-state index contributed by atoms with van der Waals surface area (Å²) in [6, 6.07) is 11.8. The first-order chi connectivity index (χ1) is 10.1. The number of methoxy groups -OCH3 is 2. The lowest BCUT2D eigenvalue weighted by Crippen LogP contribution is -2.20. The van der Waals surface area contributed by atoms with Crippen molar-refractivity contribution >= 4 is 31.9 Å². The molecule has 0 aliphatic rings. The molecule has 21 heavy (non-hydrogen) atoms. The molecule has 0 heterocycles. The molecule has 2 aromatic rings. The zero-order valence-electron chi connectivity index (χ0n) is 12.1. The fourth-order valence-electron chi connectivity index (χ4n) is 2.36. The third-order valence-electron chi connectivity index (χ3n) is 3.31. The standard InChI is InChI=1S/C16H17Br2NO2/c1-19-16(11-9-10(17)7-8-12(11)18)15-13(20-2)5-4-6-14(15)21-3/h4-9,16,19H,1-3H3. The minimum absolute atomic E-state index is 0.0528. The first-order valence-electron chi connectivity index (χ1n) is 6.45. The molecule has 0 amide bonds. The lowest BCUT2D eigenvalue weighted by Gasteiger charge is -2.23. The second-order valence-corrected chi connectivity index (χ2v) is 6.23. The molecule has 0 radical (unpaired) electrons. The van der Waals surface area contributed by atoms with Crippen molar-refractivity contribution in [1.29, 1.82) is 0 Å². The van der Waals surface area contributed by atoms with Crippen molar-refractivity contribution in [3.63, 3.8) is 0 Å². The van der Waals surface area contributed by atoms with Crippen LogP contribution in [0, 0.1) is 0 Å². The number of benzene rings is 2. The topological polar surface area (TPSA) is 30.5 Å². The molecule has 0 saturated heterocycles. The minimum atomic E-state index is -0.0528. The van der Waals surface area contributed by atoms with Crippen molar-refractivity contribution in [2.24, 2.45) is 0 Å². The van der Waals surface area contributed by atoms with Crippen LogP contribution in [0.4, 0.5) is 0 Å². The normalized spacial score (nSPS) is 12.0. The van der Waals surface area contributed by atoms with Gasteiger partial charge in [-0.2, -0.15) is 0 Å². The van der Waals surface area contributed by atoms with Gasteiger partial charge in [0.1, 0.15) is 11.5 Å². The van der Waals surface area contributed by atoms with Crippen LogP contribution in [-0.2, 0) is 0 Å². The van der Waals surface area contributed by atoms with E-state index < -0.39 is 0 Å². The molecule has 0 spiro atoms. The van der Waals surface area contributed by atoms with Gasteiger partial charge in [-0.25, -0.2) is 0 Å². The van der Waals surface area contributed by atoms with Gasteiger partial charge in [-0.1, -0.05) is 37.9 Å². The van der Waals surface area contributed by atoms with Gasteiger partial charge in [0.2, 0.25) is 0 Å². The average Bonchev–Trinajstić information content (AvgIpc) is 2.51. The smallest absolute Gasteiger partial charge is 0.127 e. The summed E-state index contributed by atoms with van der Waals surface area (Å²) in [6.07, 6.45) is 0. The Morgan fingerprint density at radius 3 is 2.14 bits per heavy atom. The predicted molar refractivity (Wildman–Crippen MR) is 92.3 cm³/mol. The minimum Gasteiger partial charge on any atom is -0.496 e. The van der Waals surface area contributed by atoms with Crippen molar-refractivity contribution in [3.05, 3.63) is 56.5 Å². The van der Waals surface area contributed by atoms with Crippen molar-refractivity contribution in [3.8, 4) is 11.5 Å². The summed E-state index contributed by atoms with van der Waals surface area (Å²) in [7, 11) is 5.26. The molecule has 1 atom stereocenters. The van der Waals surface area contributed by atoms with E-state index in [1.165, 1.54) is 0 Å². The van der Waals surface area contributed by atoms with Gasteiger partial charge in [0.05, 0.1) is 25.8 Å². The maximum atomic E-state index is 5.52. The Hall–Kier alpha value is -1.04. The van der Waals surface area contributed by atoms with Crippen LogP contribution >= 0.6 is 31.9 Å². The lowest BCUT2D eigenvalue weighted by atomic mass is 9.97. The zero-order valence-corrected chi connectivity index (χ0v) is 15.3. The van der Waals surface area contributed by atoms with Gasteiger partial charge in [-0.15, -0.1) is 0 Å². The van der Waals surface area contributed by atoms with Gasteiger partial charge in [-0.05, 0) is 42.9 Å². The fourth-order valence-corrected chi connectivity index (χ4v) is 3.21. The van der Waals surface area contributed by atoms with Crippen molar-refractivity contribution < 1.29 is 9.47 Å². The van der Waals surface area contributed by atoms with Gasteiger partial charge in [0, 0.05) is 8.95 Å². The van der Waals surface area contributed by atoms with Crippen LogP contribution in [0.25, 0.3) is 0 Å². The first-order valence-corrected chi connectivity index (χ1v) is 8.04. The summed E-state index contributed by atoms with van der Waals surface area (Å²) in [5, 5.41) is 3.34. The van der Waals surface area contributed by atoms with Crippen LogP contribution in [0.1, 0.15) is 17.2 Å². The maximum absolute atomic E-state index is 5.52. The van der Waals surface area contributed by atoms with Gasteiger partial charge in [-0.3, -0.25) is 0 Å². The van der Waals surface area contributed by atoms with E-state index in [-0.39, 0.29) is 6.04 Å². The second-order valence-electron chi connectivity index (χ2n) is 4.46. The molecular formula is C16H17Br2NO2. The van der Waals surface area contributed by atoms with E-state index in [1.807, 2.05) is 37.4 Å². The highest BCUT2D eigenvalue weighted by Crippen LogP contribution is 2.40. The number of hydrogen-bond acceptors (Lipinski definition) is 3. The average molecular weight is 415 g/mol. The van der Waals surface area contributed by atoms with Gasteiger partial charge >= 0.3 is 0 Å². The van der Waals surface area contributed by atoms with Crippen LogP contribution in [0.5, 0.6) is 11.5 Å². The maximum Gasteiger partial charge on any atom is 0.127 e. The number of hydrogen-bond donors (Lipinski definition) is 1. The van der Waals surface area contributed by atoms with E-state index in [1.54, 1.807) is 14.2 Å². The SMILES string of the molecule is CNC(c1cc(Br)ccc1Br)c1c(OC)cccc1OC. The molecule has 0 fully saturated rings. The summed E-state index contributed by atoms with van der Waals surface area (Å²) < 4.78 is 13.1. The molecule has 0 aliphatic carbocycles. The Labute approximate surface area is 141 Å². The van der Waals surface area contributed by atoms with Crippen molar-refractivity contribution in [2.75, 3.05) is 21.3 Å². The number of ether oxygens (including phenoxy) is 2. The molecule has 1 unspecified atom stereocenters. The molecule has 2 aromatic carbocycles. The Morgan fingerprint density at radius 1 is 1.00 bits per heavy atom. The zero-order chi connectivity index (χ0) is 15.4. The first kappa shape index (κ1) is 16.3. The Bertz CT molecular complexity index is 609. The van der Waals surface area contributed by atoms with Crippen LogP contribution in [0.15, 0.2) is 45.3 Å². The summed E-state index contributed by atoms with van der Waals surface area (Å²) >= 11 is 7.15. The van der Waals surface area contributed by atoms with Gasteiger partial charge in [0.15, 0.2) is 0 Å². The highest BCUT2D eigenvalue weighted by atomic mass is 79.9. The van der Waals surface area contributed by atoms with Crippen LogP contribution in [0.3, 0.4) is 0 Å². The lowest BCUT2D eigenvalue weighted by molar-refractivity contribution is 0.378. The molecule has 2 rings (SSSR count). The predicted octanol–water partition coefficient (Wildman–Crippen LogP) is 4.54. The highest BCUT2D eigenvalue weighted by Gasteiger charge is 2.23. The van der Waals surface area contributed by atoms with E-state index in [0.717, 1.165) is 31.6 Å². The molecule has 0 saturated carbocycles. The van der Waals surface area contributed by atoms with E-state index in [4.69, 9.17) is 9.47 Å². The number of nitrogens with one attached hydrogen (secondary N) is 1.